The number of anilines is 1. The van der Waals surface area contributed by atoms with E-state index >= 15 is 0 Å². The maximum absolute atomic E-state index is 13.5. The van der Waals surface area contributed by atoms with Crippen molar-refractivity contribution in [1.29, 1.82) is 0 Å². The first-order valence-electron chi connectivity index (χ1n) is 12.6. The van der Waals surface area contributed by atoms with Crippen LogP contribution in [0.2, 0.25) is 0 Å². The SMILES string of the molecule is CN(C)c1nc(CCCC2CCC(C3NC3Cc3ccc(F)c(Br)c3)CC2)nc2ccccc12. The van der Waals surface area contributed by atoms with Crippen LogP contribution in [0.3, 0.4) is 0 Å². The molecule has 0 amide bonds. The van der Waals surface area contributed by atoms with E-state index < -0.39 is 0 Å². The number of hydrogen-bond donors (Lipinski definition) is 1. The van der Waals surface area contributed by atoms with Crippen molar-refractivity contribution in [2.45, 2.75) is 63.5 Å². The van der Waals surface area contributed by atoms with Crippen molar-refractivity contribution in [1.82, 2.24) is 15.3 Å². The van der Waals surface area contributed by atoms with Crippen LogP contribution in [0.5, 0.6) is 0 Å². The fourth-order valence-electron chi connectivity index (χ4n) is 5.71. The molecule has 5 rings (SSSR count). The Labute approximate surface area is 210 Å². The van der Waals surface area contributed by atoms with Gasteiger partial charge < -0.3 is 10.2 Å². The molecule has 34 heavy (non-hydrogen) atoms. The Kier molecular flexibility index (Phi) is 7.16. The molecule has 2 heterocycles. The van der Waals surface area contributed by atoms with Crippen molar-refractivity contribution < 1.29 is 4.39 Å². The zero-order valence-electron chi connectivity index (χ0n) is 20.1. The van der Waals surface area contributed by atoms with Crippen molar-refractivity contribution in [3.63, 3.8) is 0 Å². The van der Waals surface area contributed by atoms with E-state index in [-0.39, 0.29) is 5.82 Å². The number of rotatable bonds is 8. The molecule has 1 aliphatic carbocycles. The van der Waals surface area contributed by atoms with Crippen molar-refractivity contribution >= 4 is 32.7 Å². The average molecular weight is 526 g/mol. The van der Waals surface area contributed by atoms with Crippen LogP contribution in [-0.2, 0) is 12.8 Å². The summed E-state index contributed by atoms with van der Waals surface area (Å²) in [6.45, 7) is 0. The Morgan fingerprint density at radius 1 is 1.06 bits per heavy atom. The van der Waals surface area contributed by atoms with Crippen LogP contribution in [0.1, 0.15) is 49.9 Å². The van der Waals surface area contributed by atoms with Crippen LogP contribution in [0, 0.1) is 17.7 Å². The van der Waals surface area contributed by atoms with Gasteiger partial charge in [0, 0.05) is 38.0 Å². The minimum Gasteiger partial charge on any atom is -0.362 e. The van der Waals surface area contributed by atoms with Crippen molar-refractivity contribution in [3.05, 3.63) is 64.1 Å². The minimum atomic E-state index is -0.187. The lowest BCUT2D eigenvalue weighted by atomic mass is 9.77. The van der Waals surface area contributed by atoms with Crippen molar-refractivity contribution in [2.24, 2.45) is 11.8 Å². The van der Waals surface area contributed by atoms with Gasteiger partial charge in [-0.15, -0.1) is 0 Å². The van der Waals surface area contributed by atoms with E-state index in [2.05, 4.69) is 64.5 Å². The Bertz CT molecular complexity index is 1140. The highest BCUT2D eigenvalue weighted by Crippen LogP contribution is 2.38. The molecule has 6 heteroatoms. The number of halogens is 2. The molecule has 4 nitrogen and oxygen atoms in total. The minimum absolute atomic E-state index is 0.187. The maximum Gasteiger partial charge on any atom is 0.139 e. The molecular formula is C28H34BrFN4. The summed E-state index contributed by atoms with van der Waals surface area (Å²) < 4.78 is 14.0. The summed E-state index contributed by atoms with van der Waals surface area (Å²) in [5.41, 5.74) is 2.24. The van der Waals surface area contributed by atoms with E-state index in [1.807, 2.05) is 12.1 Å². The van der Waals surface area contributed by atoms with Gasteiger partial charge in [-0.2, -0.15) is 0 Å². The van der Waals surface area contributed by atoms with Crippen molar-refractivity contribution in [2.75, 3.05) is 19.0 Å². The van der Waals surface area contributed by atoms with Crippen LogP contribution in [0.15, 0.2) is 46.9 Å². The summed E-state index contributed by atoms with van der Waals surface area (Å²) in [5.74, 6) is 3.41. The fraction of sp³-hybridized carbons (Fsp3) is 0.500. The van der Waals surface area contributed by atoms with Crippen LogP contribution in [0.4, 0.5) is 10.2 Å². The predicted octanol–water partition coefficient (Wildman–Crippen LogP) is 6.31. The monoisotopic (exact) mass is 524 g/mol. The van der Waals surface area contributed by atoms with E-state index in [4.69, 9.17) is 9.97 Å². The first kappa shape index (κ1) is 23.7. The first-order valence-corrected chi connectivity index (χ1v) is 13.4. The van der Waals surface area contributed by atoms with Gasteiger partial charge in [-0.05, 0) is 83.3 Å². The Morgan fingerprint density at radius 3 is 2.62 bits per heavy atom. The number of nitrogens with zero attached hydrogens (tertiary/aromatic N) is 3. The summed E-state index contributed by atoms with van der Waals surface area (Å²) in [6, 6.07) is 14.9. The summed E-state index contributed by atoms with van der Waals surface area (Å²) in [5, 5.41) is 4.82. The van der Waals surface area contributed by atoms with Gasteiger partial charge in [0.25, 0.3) is 0 Å². The molecule has 1 saturated heterocycles. The summed E-state index contributed by atoms with van der Waals surface area (Å²) in [7, 11) is 4.10. The van der Waals surface area contributed by atoms with E-state index in [0.717, 1.165) is 53.6 Å². The molecule has 1 aromatic heterocycles. The summed E-state index contributed by atoms with van der Waals surface area (Å²) in [4.78, 5) is 11.8. The largest absolute Gasteiger partial charge is 0.362 e. The lowest BCUT2D eigenvalue weighted by Crippen LogP contribution is -2.21. The second-order valence-electron chi connectivity index (χ2n) is 10.3. The van der Waals surface area contributed by atoms with Gasteiger partial charge in [0.1, 0.15) is 17.5 Å². The molecule has 0 spiro atoms. The third-order valence-electron chi connectivity index (χ3n) is 7.64. The van der Waals surface area contributed by atoms with Gasteiger partial charge in [-0.1, -0.05) is 37.5 Å². The maximum atomic E-state index is 13.5. The summed E-state index contributed by atoms with van der Waals surface area (Å²) >= 11 is 3.31. The third-order valence-corrected chi connectivity index (χ3v) is 8.24. The topological polar surface area (TPSA) is 51.0 Å². The molecule has 1 N–H and O–H groups in total. The number of nitrogens with one attached hydrogen (secondary N) is 1. The highest BCUT2D eigenvalue weighted by Gasteiger charge is 2.42. The smallest absolute Gasteiger partial charge is 0.139 e. The van der Waals surface area contributed by atoms with Gasteiger partial charge in [-0.3, -0.25) is 0 Å². The van der Waals surface area contributed by atoms with Crippen LogP contribution >= 0.6 is 15.9 Å². The van der Waals surface area contributed by atoms with Crippen molar-refractivity contribution in [3.8, 4) is 0 Å². The molecule has 0 radical (unpaired) electrons. The molecule has 2 aliphatic rings. The van der Waals surface area contributed by atoms with E-state index in [1.54, 1.807) is 6.07 Å². The molecule has 180 valence electrons. The third kappa shape index (κ3) is 5.44. The van der Waals surface area contributed by atoms with Crippen LogP contribution < -0.4 is 10.2 Å². The molecule has 2 aromatic carbocycles. The Morgan fingerprint density at radius 2 is 1.85 bits per heavy atom. The highest BCUT2D eigenvalue weighted by molar-refractivity contribution is 9.10. The average Bonchev–Trinajstić information content (AvgIpc) is 3.60. The lowest BCUT2D eigenvalue weighted by Gasteiger charge is -2.28. The standard InChI is InChI=1S/C28H34BrFN4/c1-34(2)28-21-7-3-4-8-24(21)31-26(33-28)9-5-6-18-10-13-20(14-11-18)27-25(32-27)17-19-12-15-23(30)22(29)16-19/h3-4,7-8,12,15-16,18,20,25,27,32H,5-6,9-11,13-14,17H2,1-2H3. The number of para-hydroxylation sites is 1. The normalized spacial score (nSPS) is 24.4. The highest BCUT2D eigenvalue weighted by atomic mass is 79.9. The number of benzene rings is 2. The lowest BCUT2D eigenvalue weighted by molar-refractivity contribution is 0.254. The van der Waals surface area contributed by atoms with Crippen LogP contribution in [0.25, 0.3) is 10.9 Å². The molecule has 2 atom stereocenters. The Balaban J connectivity index is 1.07. The number of aryl methyl sites for hydroxylation is 1. The second-order valence-corrected chi connectivity index (χ2v) is 11.2. The summed E-state index contributed by atoms with van der Waals surface area (Å²) in [6.07, 6.45) is 9.68. The molecular weight excluding hydrogens is 491 g/mol. The zero-order valence-corrected chi connectivity index (χ0v) is 21.7. The van der Waals surface area contributed by atoms with E-state index in [1.165, 1.54) is 37.7 Å². The van der Waals surface area contributed by atoms with E-state index in [0.29, 0.717) is 16.6 Å². The van der Waals surface area contributed by atoms with Crippen LogP contribution in [-0.4, -0.2) is 36.1 Å². The quantitative estimate of drug-likeness (QED) is 0.350. The molecule has 1 aliphatic heterocycles. The number of fused-ring (bicyclic) bond motifs is 1. The first-order chi connectivity index (χ1) is 16.5. The second kappa shape index (κ2) is 10.3. The molecule has 2 fully saturated rings. The van der Waals surface area contributed by atoms with Gasteiger partial charge >= 0.3 is 0 Å². The number of hydrogen-bond acceptors (Lipinski definition) is 4. The fourth-order valence-corrected chi connectivity index (χ4v) is 6.13. The molecule has 2 unspecified atom stereocenters. The number of aromatic nitrogens is 2. The van der Waals surface area contributed by atoms with Gasteiger partial charge in [0.2, 0.25) is 0 Å². The predicted molar refractivity (Wildman–Crippen MR) is 141 cm³/mol. The molecule has 1 saturated carbocycles. The Hall–Kier alpha value is -2.05. The van der Waals surface area contributed by atoms with Gasteiger partial charge in [0.15, 0.2) is 0 Å². The van der Waals surface area contributed by atoms with E-state index in [9.17, 15) is 4.39 Å². The van der Waals surface area contributed by atoms with Gasteiger partial charge in [-0.25, -0.2) is 14.4 Å². The van der Waals surface area contributed by atoms with Gasteiger partial charge in [0.05, 0.1) is 9.99 Å². The molecule has 3 aromatic rings. The zero-order chi connectivity index (χ0) is 23.7. The molecule has 0 bridgehead atoms.